The first-order valence-electron chi connectivity index (χ1n) is 7.07. The Morgan fingerprint density at radius 3 is 2.56 bits per heavy atom. The summed E-state index contributed by atoms with van der Waals surface area (Å²) in [5, 5.41) is 3.48. The van der Waals surface area contributed by atoms with E-state index in [1.807, 2.05) is 0 Å². The van der Waals surface area contributed by atoms with E-state index in [9.17, 15) is 0 Å². The number of unbranched alkanes of at least 4 members (excludes halogenated alkanes) is 3. The molecule has 1 aliphatic rings. The van der Waals surface area contributed by atoms with Crippen LogP contribution in [-0.4, -0.2) is 26.3 Å². The van der Waals surface area contributed by atoms with Gasteiger partial charge in [-0.15, -0.1) is 0 Å². The summed E-state index contributed by atoms with van der Waals surface area (Å²) < 4.78 is 5.60. The summed E-state index contributed by atoms with van der Waals surface area (Å²) >= 11 is 0. The predicted molar refractivity (Wildman–Crippen MR) is 69.7 cm³/mol. The maximum atomic E-state index is 5.60. The summed E-state index contributed by atoms with van der Waals surface area (Å²) in [5.74, 6) is 1.69. The lowest BCUT2D eigenvalue weighted by Crippen LogP contribution is -2.20. The first kappa shape index (κ1) is 14.0. The first-order chi connectivity index (χ1) is 7.79. The van der Waals surface area contributed by atoms with E-state index in [0.29, 0.717) is 0 Å². The minimum absolute atomic E-state index is 0.774. The van der Waals surface area contributed by atoms with Crippen molar-refractivity contribution < 1.29 is 4.74 Å². The summed E-state index contributed by atoms with van der Waals surface area (Å²) in [6.45, 7) is 8.85. The van der Waals surface area contributed by atoms with Gasteiger partial charge in [0.15, 0.2) is 0 Å². The van der Waals surface area contributed by atoms with Crippen molar-refractivity contribution in [3.63, 3.8) is 0 Å². The second-order valence-corrected chi connectivity index (χ2v) is 5.53. The van der Waals surface area contributed by atoms with E-state index >= 15 is 0 Å². The van der Waals surface area contributed by atoms with Gasteiger partial charge in [-0.25, -0.2) is 0 Å². The van der Waals surface area contributed by atoms with Crippen LogP contribution in [0, 0.1) is 11.8 Å². The van der Waals surface area contributed by atoms with Crippen molar-refractivity contribution in [2.24, 2.45) is 11.8 Å². The van der Waals surface area contributed by atoms with Gasteiger partial charge >= 0.3 is 0 Å². The maximum absolute atomic E-state index is 5.60. The molecule has 1 N–H and O–H groups in total. The topological polar surface area (TPSA) is 21.3 Å². The van der Waals surface area contributed by atoms with Gasteiger partial charge in [-0.2, -0.15) is 0 Å². The van der Waals surface area contributed by atoms with Crippen molar-refractivity contribution in [3.05, 3.63) is 0 Å². The van der Waals surface area contributed by atoms with E-state index in [2.05, 4.69) is 19.2 Å². The van der Waals surface area contributed by atoms with Crippen LogP contribution in [-0.2, 0) is 4.74 Å². The van der Waals surface area contributed by atoms with E-state index < -0.39 is 0 Å². The van der Waals surface area contributed by atoms with Crippen molar-refractivity contribution in [2.45, 2.75) is 52.4 Å². The molecule has 1 rings (SSSR count). The summed E-state index contributed by atoms with van der Waals surface area (Å²) in [7, 11) is 0. The van der Waals surface area contributed by atoms with Gasteiger partial charge in [0.05, 0.1) is 0 Å². The zero-order valence-electron chi connectivity index (χ0n) is 11.1. The minimum atomic E-state index is 0.774. The summed E-state index contributed by atoms with van der Waals surface area (Å²) in [5.41, 5.74) is 0. The molecule has 0 aliphatic heterocycles. The average molecular weight is 227 g/mol. The minimum Gasteiger partial charge on any atom is -0.381 e. The van der Waals surface area contributed by atoms with Crippen LogP contribution in [0.1, 0.15) is 52.4 Å². The van der Waals surface area contributed by atoms with Crippen LogP contribution in [0.2, 0.25) is 0 Å². The second-order valence-electron chi connectivity index (χ2n) is 5.53. The average Bonchev–Trinajstić information content (AvgIpc) is 3.04. The highest BCUT2D eigenvalue weighted by atomic mass is 16.5. The third kappa shape index (κ3) is 9.17. The fourth-order valence-corrected chi connectivity index (χ4v) is 1.73. The van der Waals surface area contributed by atoms with E-state index in [-0.39, 0.29) is 0 Å². The molecule has 0 radical (unpaired) electrons. The molecule has 0 aromatic carbocycles. The molecule has 0 aromatic heterocycles. The molecule has 0 heterocycles. The van der Waals surface area contributed by atoms with Gasteiger partial charge in [-0.05, 0) is 50.6 Å². The van der Waals surface area contributed by atoms with Gasteiger partial charge in [-0.3, -0.25) is 0 Å². The quantitative estimate of drug-likeness (QED) is 0.547. The van der Waals surface area contributed by atoms with Gasteiger partial charge in [0.1, 0.15) is 0 Å². The number of rotatable bonds is 11. The number of hydrogen-bond donors (Lipinski definition) is 1. The lowest BCUT2D eigenvalue weighted by Gasteiger charge is -2.07. The standard InChI is InChI=1S/C14H29NO/c1-13(2)11-15-9-5-3-4-6-10-16-12-14-7-8-14/h13-15H,3-12H2,1-2H3. The Morgan fingerprint density at radius 2 is 1.88 bits per heavy atom. The molecule has 0 atom stereocenters. The fraction of sp³-hybridized carbons (Fsp3) is 1.00. The van der Waals surface area contributed by atoms with Crippen LogP contribution in [0.3, 0.4) is 0 Å². The molecule has 1 fully saturated rings. The van der Waals surface area contributed by atoms with Gasteiger partial charge in [0.25, 0.3) is 0 Å². The molecular formula is C14H29NO. The summed E-state index contributed by atoms with van der Waals surface area (Å²) in [4.78, 5) is 0. The fourth-order valence-electron chi connectivity index (χ4n) is 1.73. The Kier molecular flexibility index (Phi) is 7.87. The predicted octanol–water partition coefficient (Wildman–Crippen LogP) is 3.22. The van der Waals surface area contributed by atoms with E-state index in [1.54, 1.807) is 0 Å². The highest BCUT2D eigenvalue weighted by Crippen LogP contribution is 2.28. The Balaban J connectivity index is 1.64. The van der Waals surface area contributed by atoms with Crippen molar-refractivity contribution >= 4 is 0 Å². The highest BCUT2D eigenvalue weighted by Gasteiger charge is 2.20. The molecule has 0 aromatic rings. The molecule has 0 spiro atoms. The molecule has 0 bridgehead atoms. The van der Waals surface area contributed by atoms with E-state index in [1.165, 1.54) is 45.1 Å². The number of ether oxygens (including phenoxy) is 1. The molecule has 16 heavy (non-hydrogen) atoms. The molecule has 96 valence electrons. The lowest BCUT2D eigenvalue weighted by molar-refractivity contribution is 0.120. The number of hydrogen-bond acceptors (Lipinski definition) is 2. The highest BCUT2D eigenvalue weighted by molar-refractivity contribution is 4.71. The SMILES string of the molecule is CC(C)CNCCCCCCOCC1CC1. The Labute approximate surface area is 101 Å². The molecule has 2 nitrogen and oxygen atoms in total. The Hall–Kier alpha value is -0.0800. The van der Waals surface area contributed by atoms with Crippen LogP contribution in [0.15, 0.2) is 0 Å². The van der Waals surface area contributed by atoms with Crippen molar-refractivity contribution in [1.82, 2.24) is 5.32 Å². The molecule has 1 saturated carbocycles. The van der Waals surface area contributed by atoms with Crippen LogP contribution in [0.25, 0.3) is 0 Å². The monoisotopic (exact) mass is 227 g/mol. The lowest BCUT2D eigenvalue weighted by atomic mass is 10.2. The smallest absolute Gasteiger partial charge is 0.0494 e. The first-order valence-corrected chi connectivity index (χ1v) is 7.07. The van der Waals surface area contributed by atoms with Crippen LogP contribution in [0.5, 0.6) is 0 Å². The third-order valence-corrected chi connectivity index (χ3v) is 3.00. The summed E-state index contributed by atoms with van der Waals surface area (Å²) in [6.07, 6.45) is 8.04. The Morgan fingerprint density at radius 1 is 1.12 bits per heavy atom. The summed E-state index contributed by atoms with van der Waals surface area (Å²) in [6, 6.07) is 0. The molecule has 0 saturated heterocycles. The third-order valence-electron chi connectivity index (χ3n) is 3.00. The zero-order chi connectivity index (χ0) is 11.6. The van der Waals surface area contributed by atoms with Crippen molar-refractivity contribution in [1.29, 1.82) is 0 Å². The van der Waals surface area contributed by atoms with Crippen molar-refractivity contribution in [3.8, 4) is 0 Å². The van der Waals surface area contributed by atoms with Gasteiger partial charge in [0, 0.05) is 13.2 Å². The van der Waals surface area contributed by atoms with Crippen LogP contribution in [0.4, 0.5) is 0 Å². The van der Waals surface area contributed by atoms with Crippen LogP contribution >= 0.6 is 0 Å². The molecular weight excluding hydrogens is 198 g/mol. The maximum Gasteiger partial charge on any atom is 0.0494 e. The van der Waals surface area contributed by atoms with Crippen LogP contribution < -0.4 is 5.32 Å². The molecule has 1 aliphatic carbocycles. The second kappa shape index (κ2) is 9.00. The number of nitrogens with one attached hydrogen (secondary N) is 1. The Bertz CT molecular complexity index is 145. The van der Waals surface area contributed by atoms with Gasteiger partial charge in [0.2, 0.25) is 0 Å². The van der Waals surface area contributed by atoms with Crippen molar-refractivity contribution in [2.75, 3.05) is 26.3 Å². The molecule has 2 heteroatoms. The largest absolute Gasteiger partial charge is 0.381 e. The van der Waals surface area contributed by atoms with E-state index in [0.717, 1.165) is 31.6 Å². The molecule has 0 amide bonds. The van der Waals surface area contributed by atoms with Gasteiger partial charge < -0.3 is 10.1 Å². The zero-order valence-corrected chi connectivity index (χ0v) is 11.1. The molecule has 0 unspecified atom stereocenters. The van der Waals surface area contributed by atoms with Gasteiger partial charge in [-0.1, -0.05) is 26.7 Å². The van der Waals surface area contributed by atoms with E-state index in [4.69, 9.17) is 4.74 Å². The normalized spacial score (nSPS) is 15.9.